The Balaban J connectivity index is 0.00000113. The van der Waals surface area contributed by atoms with Crippen molar-refractivity contribution in [3.63, 3.8) is 0 Å². The van der Waals surface area contributed by atoms with Gasteiger partial charge in [-0.1, -0.05) is 69.7 Å². The molecule has 0 N–H and O–H groups in total. The molecule has 0 bridgehead atoms. The van der Waals surface area contributed by atoms with Gasteiger partial charge in [0.15, 0.2) is 0 Å². The zero-order valence-electron chi connectivity index (χ0n) is 15.9. The fourth-order valence-electron chi connectivity index (χ4n) is 2.59. The van der Waals surface area contributed by atoms with E-state index in [9.17, 15) is 0 Å². The molecule has 2 rings (SSSR count). The van der Waals surface area contributed by atoms with E-state index in [1.165, 1.54) is 49.1 Å². The smallest absolute Gasteiger partial charge is 0.550 e. The van der Waals surface area contributed by atoms with Gasteiger partial charge < -0.3 is 9.90 Å². The van der Waals surface area contributed by atoms with Gasteiger partial charge in [-0.05, 0) is 32.1 Å². The van der Waals surface area contributed by atoms with E-state index in [1.807, 2.05) is 12.1 Å². The van der Waals surface area contributed by atoms with E-state index >= 15 is 0 Å². The summed E-state index contributed by atoms with van der Waals surface area (Å²) < 4.78 is 0. The molecule has 0 spiro atoms. The van der Waals surface area contributed by atoms with Crippen molar-refractivity contribution in [1.29, 1.82) is 0 Å². The third-order valence-electron chi connectivity index (χ3n) is 3.81. The molecule has 0 amide bonds. The van der Waals surface area contributed by atoms with Crippen LogP contribution in [0.5, 0.6) is 0 Å². The van der Waals surface area contributed by atoms with Crippen molar-refractivity contribution in [3.05, 3.63) is 54.6 Å². The molecule has 0 aliphatic rings. The van der Waals surface area contributed by atoms with E-state index in [4.69, 9.17) is 9.90 Å². The van der Waals surface area contributed by atoms with E-state index < -0.39 is 5.97 Å². The van der Waals surface area contributed by atoms with Crippen LogP contribution in [0.25, 0.3) is 11.1 Å². The van der Waals surface area contributed by atoms with Gasteiger partial charge in [-0.3, -0.25) is 0 Å². The fourth-order valence-corrected chi connectivity index (χ4v) is 5.52. The first-order chi connectivity index (χ1) is 12.1. The van der Waals surface area contributed by atoms with E-state index in [-0.39, 0.29) is 28.3 Å². The van der Waals surface area contributed by atoms with Crippen LogP contribution >= 0.6 is 7.92 Å². The Morgan fingerprint density at radius 2 is 1.54 bits per heavy atom. The Bertz CT molecular complexity index is 605. The maximum absolute atomic E-state index is 8.89. The Morgan fingerprint density at radius 1 is 1.00 bits per heavy atom. The number of rotatable bonds is 8. The maximum Gasteiger partial charge on any atom is 2.00 e. The molecule has 26 heavy (non-hydrogen) atoms. The quantitative estimate of drug-likeness (QED) is 0.326. The first kappa shape index (κ1) is 25.0. The van der Waals surface area contributed by atoms with Gasteiger partial charge >= 0.3 is 20.4 Å². The van der Waals surface area contributed by atoms with Gasteiger partial charge in [0.25, 0.3) is 0 Å². The van der Waals surface area contributed by atoms with Gasteiger partial charge in [0.1, 0.15) is 0 Å². The van der Waals surface area contributed by atoms with E-state index in [0.717, 1.165) is 6.92 Å². The molecule has 2 aromatic rings. The van der Waals surface area contributed by atoms with Crippen molar-refractivity contribution in [2.24, 2.45) is 0 Å². The van der Waals surface area contributed by atoms with Gasteiger partial charge in [0.2, 0.25) is 0 Å². The molecule has 0 aliphatic carbocycles. The van der Waals surface area contributed by atoms with Crippen molar-refractivity contribution in [1.82, 2.24) is 0 Å². The van der Waals surface area contributed by atoms with Crippen molar-refractivity contribution < 1.29 is 30.3 Å². The Kier molecular flexibility index (Phi) is 14.5. The topological polar surface area (TPSA) is 40.1 Å². The minimum Gasteiger partial charge on any atom is -0.550 e. The van der Waals surface area contributed by atoms with Gasteiger partial charge in [-0.2, -0.15) is 0 Å². The summed E-state index contributed by atoms with van der Waals surface area (Å²) in [6.07, 6.45) is 8.03. The van der Waals surface area contributed by atoms with Gasteiger partial charge in [0.05, 0.1) is 0 Å². The SMILES string of the molecule is CC(=O)[O-].CCCCP(CCCC)c1ccccc1-c1[c-]cccc1.[Pd+2]. The molecule has 2 nitrogen and oxygen atoms in total. The maximum atomic E-state index is 8.89. The normalized spacial score (nSPS) is 9.85. The summed E-state index contributed by atoms with van der Waals surface area (Å²) in [6.45, 7) is 5.56. The van der Waals surface area contributed by atoms with Crippen molar-refractivity contribution in [2.75, 3.05) is 12.3 Å². The van der Waals surface area contributed by atoms with Crippen LogP contribution in [0.3, 0.4) is 0 Å². The molecule has 2 aromatic carbocycles. The summed E-state index contributed by atoms with van der Waals surface area (Å²) >= 11 is 0. The van der Waals surface area contributed by atoms with Crippen molar-refractivity contribution in [3.8, 4) is 11.1 Å². The molecule has 0 unspecified atom stereocenters. The van der Waals surface area contributed by atoms with Crippen LogP contribution in [0.2, 0.25) is 0 Å². The third-order valence-corrected chi connectivity index (χ3v) is 6.59. The summed E-state index contributed by atoms with van der Waals surface area (Å²) in [4.78, 5) is 8.89. The molecule has 0 aromatic heterocycles. The number of hydrogen-bond donors (Lipinski definition) is 0. The second kappa shape index (κ2) is 15.1. The summed E-state index contributed by atoms with van der Waals surface area (Å²) in [5.41, 5.74) is 2.64. The minimum atomic E-state index is -1.08. The molecular formula is C22H29O2PPd. The van der Waals surface area contributed by atoms with Crippen LogP contribution in [0.4, 0.5) is 0 Å². The molecule has 0 saturated heterocycles. The Morgan fingerprint density at radius 3 is 2.04 bits per heavy atom. The number of carboxylic acids is 1. The number of aliphatic carboxylic acids is 1. The molecule has 4 heteroatoms. The van der Waals surface area contributed by atoms with Crippen LogP contribution in [-0.4, -0.2) is 18.3 Å². The largest absolute Gasteiger partial charge is 2.00 e. The molecule has 0 radical (unpaired) electrons. The van der Waals surface area contributed by atoms with Crippen molar-refractivity contribution >= 4 is 19.2 Å². The molecule has 0 saturated carbocycles. The summed E-state index contributed by atoms with van der Waals surface area (Å²) in [7, 11) is -0.0320. The number of carbonyl (C=O) groups excluding carboxylic acids is 1. The second-order valence-electron chi connectivity index (χ2n) is 5.98. The number of unbranched alkanes of at least 4 members (excludes halogenated alkanes) is 2. The number of hydrogen-bond acceptors (Lipinski definition) is 2. The van der Waals surface area contributed by atoms with E-state index in [2.05, 4.69) is 56.3 Å². The molecular weight excluding hydrogens is 434 g/mol. The Labute approximate surface area is 173 Å². The minimum absolute atomic E-state index is 0. The van der Waals surface area contributed by atoms with Crippen LogP contribution < -0.4 is 10.4 Å². The van der Waals surface area contributed by atoms with Crippen LogP contribution in [0.1, 0.15) is 46.5 Å². The predicted octanol–water partition coefficient (Wildman–Crippen LogP) is 4.61. The van der Waals surface area contributed by atoms with Crippen LogP contribution in [-0.2, 0) is 25.2 Å². The molecule has 0 heterocycles. The van der Waals surface area contributed by atoms with Gasteiger partial charge in [-0.25, -0.2) is 0 Å². The average molecular weight is 463 g/mol. The first-order valence-electron chi connectivity index (χ1n) is 9.08. The number of benzene rings is 2. The molecule has 0 atom stereocenters. The van der Waals surface area contributed by atoms with Gasteiger partial charge in [0, 0.05) is 5.97 Å². The van der Waals surface area contributed by atoms with Crippen LogP contribution in [0.15, 0.2) is 48.5 Å². The standard InChI is InChI=1S/C20H26P.C2H4O2.Pd/c1-3-5-16-21(17-6-4-2)20-15-11-10-14-19(20)18-12-8-7-9-13-18;1-2(3)4;/h7-12,14-15H,3-6,16-17H2,1-2H3;1H3,(H,3,4);/q-1;;+2/p-1. The van der Waals surface area contributed by atoms with Crippen molar-refractivity contribution in [2.45, 2.75) is 46.5 Å². The van der Waals surface area contributed by atoms with Crippen LogP contribution in [0, 0.1) is 6.07 Å². The second-order valence-corrected chi connectivity index (χ2v) is 8.44. The summed E-state index contributed by atoms with van der Waals surface area (Å²) in [5, 5.41) is 10.5. The fraction of sp³-hybridized carbons (Fsp3) is 0.409. The summed E-state index contributed by atoms with van der Waals surface area (Å²) in [6, 6.07) is 20.8. The van der Waals surface area contributed by atoms with Gasteiger partial charge in [-0.15, -0.1) is 35.9 Å². The summed E-state index contributed by atoms with van der Waals surface area (Å²) in [5.74, 6) is -1.08. The van der Waals surface area contributed by atoms with E-state index in [0.29, 0.717) is 0 Å². The monoisotopic (exact) mass is 462 g/mol. The molecule has 0 aliphatic heterocycles. The zero-order chi connectivity index (χ0) is 18.5. The predicted molar refractivity (Wildman–Crippen MR) is 107 cm³/mol. The van der Waals surface area contributed by atoms with E-state index in [1.54, 1.807) is 5.30 Å². The third kappa shape index (κ3) is 9.63. The zero-order valence-corrected chi connectivity index (χ0v) is 18.4. The first-order valence-corrected chi connectivity index (χ1v) is 10.8. The molecule has 0 fully saturated rings. The molecule has 144 valence electrons. The number of carboxylic acid groups (broad SMARTS) is 1. The Hall–Kier alpha value is -0.998. The number of carbonyl (C=O) groups is 1. The average Bonchev–Trinajstić information content (AvgIpc) is 2.62.